The van der Waals surface area contributed by atoms with Gasteiger partial charge in [-0.15, -0.1) is 0 Å². The molecule has 42 heavy (non-hydrogen) atoms. The summed E-state index contributed by atoms with van der Waals surface area (Å²) in [6.07, 6.45) is 2.00. The van der Waals surface area contributed by atoms with Gasteiger partial charge < -0.3 is 41.3 Å². The molecule has 2 heterocycles. The number of anilines is 1. The number of nitrogens with zero attached hydrogens (tertiary/aromatic N) is 1. The Morgan fingerprint density at radius 2 is 1.88 bits per heavy atom. The van der Waals surface area contributed by atoms with Crippen LogP contribution in [0.5, 0.6) is 23.0 Å². The Labute approximate surface area is 254 Å². The minimum atomic E-state index is -0.873. The van der Waals surface area contributed by atoms with Crippen molar-refractivity contribution in [1.82, 2.24) is 15.3 Å². The second kappa shape index (κ2) is 13.1. The Morgan fingerprint density at radius 1 is 1.17 bits per heavy atom. The van der Waals surface area contributed by atoms with E-state index in [0.717, 1.165) is 19.2 Å². The van der Waals surface area contributed by atoms with Gasteiger partial charge in [-0.3, -0.25) is 15.3 Å². The number of benzene rings is 2. The molecule has 13 N–H and O–H groups in total. The van der Waals surface area contributed by atoms with Crippen molar-refractivity contribution in [2.24, 2.45) is 5.16 Å². The zero-order valence-electron chi connectivity index (χ0n) is 22.1. The van der Waals surface area contributed by atoms with Crippen molar-refractivity contribution in [2.45, 2.75) is 19.3 Å². The van der Waals surface area contributed by atoms with Crippen molar-refractivity contribution in [3.05, 3.63) is 54.8 Å². The van der Waals surface area contributed by atoms with Crippen LogP contribution in [0.2, 0.25) is 0 Å². The van der Waals surface area contributed by atoms with Gasteiger partial charge >= 0.3 is 5.95 Å². The highest BCUT2D eigenvalue weighted by molar-refractivity contribution is 9.11. The molecule has 2 aromatic heterocycles. The van der Waals surface area contributed by atoms with Crippen LogP contribution in [0, 0.1) is 0 Å². The number of phenolic OH excluding ortho intramolecular Hbond substituents is 2. The average molecular weight is 711 g/mol. The summed E-state index contributed by atoms with van der Waals surface area (Å²) in [6, 6.07) is 4.77. The number of ether oxygens (including phenoxy) is 1. The van der Waals surface area contributed by atoms with Gasteiger partial charge in [0.25, 0.3) is 5.91 Å². The van der Waals surface area contributed by atoms with Crippen LogP contribution in [0.4, 0.5) is 5.95 Å². The quantitative estimate of drug-likeness (QED) is 0.0360. The van der Waals surface area contributed by atoms with Crippen LogP contribution in [0.25, 0.3) is 22.2 Å². The predicted molar refractivity (Wildman–Crippen MR) is 160 cm³/mol. The number of aromatic nitrogens is 3. The van der Waals surface area contributed by atoms with E-state index >= 15 is 0 Å². The van der Waals surface area contributed by atoms with Crippen molar-refractivity contribution >= 4 is 60.3 Å². The molecule has 0 radical (unpaired) electrons. The number of aromatic hydroxyl groups is 3. The predicted octanol–water partition coefficient (Wildman–Crippen LogP) is 1.30. The molecule has 222 valence electrons. The van der Waals surface area contributed by atoms with Gasteiger partial charge in [0.15, 0.2) is 5.75 Å². The molecule has 4 aromatic rings. The van der Waals surface area contributed by atoms with Crippen LogP contribution in [0.3, 0.4) is 0 Å². The van der Waals surface area contributed by atoms with Crippen LogP contribution in [0.1, 0.15) is 17.7 Å². The maximum atomic E-state index is 12.8. The second-order valence-corrected chi connectivity index (χ2v) is 10.9. The number of rotatable bonds is 11. The first-order valence-electron chi connectivity index (χ1n) is 12.6. The zero-order valence-corrected chi connectivity index (χ0v) is 25.2. The standard InChI is InChI=1S/C26H27Br2N7O7/c27-13-6-11(7-14(28)24(13)42-5-1-3-29)8-16(35-41)25(40)31-4-2-15-20(34-26(30)33-15)12-9-17(36)21-19(22(12)38)23(39)18(37)10-32-21/h6-7,9-10,36-38,41H,1-5,8,29H2,(H,31,40)(H,32,39)(H3,30,33,34)/p+2/b35-16+. The Kier molecular flexibility index (Phi) is 9.59. The number of pyridine rings is 1. The number of nitrogens with two attached hydrogens (primary N) is 1. The topological polar surface area (TPSA) is 248 Å². The lowest BCUT2D eigenvalue weighted by Crippen LogP contribution is -2.50. The zero-order chi connectivity index (χ0) is 30.6. The number of H-pyrrole nitrogens is 3. The molecule has 1 amide bonds. The highest BCUT2D eigenvalue weighted by atomic mass is 79.9. The maximum absolute atomic E-state index is 12.8. The third kappa shape index (κ3) is 6.45. The summed E-state index contributed by atoms with van der Waals surface area (Å²) < 4.78 is 7.10. The maximum Gasteiger partial charge on any atom is 0.350 e. The molecule has 0 atom stereocenters. The monoisotopic (exact) mass is 709 g/mol. The largest absolute Gasteiger partial charge is 0.506 e. The molecule has 0 aliphatic rings. The fourth-order valence-corrected chi connectivity index (χ4v) is 5.83. The van der Waals surface area contributed by atoms with E-state index < -0.39 is 22.8 Å². The molecule has 2 aromatic carbocycles. The number of nitrogen functional groups attached to an aromatic ring is 1. The molecule has 0 fully saturated rings. The molecule has 16 heteroatoms. The van der Waals surface area contributed by atoms with Gasteiger partial charge in [0.2, 0.25) is 5.43 Å². The number of amides is 1. The van der Waals surface area contributed by atoms with E-state index in [1.165, 1.54) is 6.07 Å². The van der Waals surface area contributed by atoms with Crippen LogP contribution >= 0.6 is 31.9 Å². The van der Waals surface area contributed by atoms with Gasteiger partial charge in [-0.25, -0.2) is 9.97 Å². The summed E-state index contributed by atoms with van der Waals surface area (Å²) in [7, 11) is 0. The molecule has 0 unspecified atom stereocenters. The van der Waals surface area contributed by atoms with Crippen molar-refractivity contribution in [3.8, 4) is 34.3 Å². The summed E-state index contributed by atoms with van der Waals surface area (Å²) in [5.41, 5.74) is 10.0. The third-order valence-corrected chi connectivity index (χ3v) is 7.50. The lowest BCUT2D eigenvalue weighted by molar-refractivity contribution is -0.368. The van der Waals surface area contributed by atoms with Crippen molar-refractivity contribution in [2.75, 3.05) is 25.4 Å². The number of fused-ring (bicyclic) bond motifs is 1. The number of halogens is 2. The van der Waals surface area contributed by atoms with Crippen LogP contribution in [-0.2, 0) is 17.6 Å². The summed E-state index contributed by atoms with van der Waals surface area (Å²) in [5, 5.41) is 46.3. The molecule has 0 aliphatic heterocycles. The number of nitrogens with one attached hydrogen (secondary N) is 4. The first-order valence-corrected chi connectivity index (χ1v) is 14.2. The first kappa shape index (κ1) is 30.7. The fourth-order valence-electron chi connectivity index (χ4n) is 4.32. The Balaban J connectivity index is 1.48. The smallest absolute Gasteiger partial charge is 0.350 e. The molecule has 0 aliphatic carbocycles. The van der Waals surface area contributed by atoms with Gasteiger partial charge in [0.1, 0.15) is 34.3 Å². The lowest BCUT2D eigenvalue weighted by atomic mass is 10.0. The summed E-state index contributed by atoms with van der Waals surface area (Å²) in [5.74, 6) is -1.36. The minimum Gasteiger partial charge on any atom is -0.506 e. The number of aromatic amines is 3. The fraction of sp³-hybridized carbons (Fsp3) is 0.231. The number of oxime groups is 1. The van der Waals surface area contributed by atoms with Crippen molar-refractivity contribution in [1.29, 1.82) is 0 Å². The number of imidazole rings is 1. The first-order chi connectivity index (χ1) is 20.0. The van der Waals surface area contributed by atoms with Gasteiger partial charge in [0, 0.05) is 32.0 Å². The summed E-state index contributed by atoms with van der Waals surface area (Å²) >= 11 is 6.94. The van der Waals surface area contributed by atoms with Gasteiger partial charge in [-0.1, -0.05) is 5.16 Å². The second-order valence-electron chi connectivity index (χ2n) is 9.24. The van der Waals surface area contributed by atoms with Crippen molar-refractivity contribution in [3.63, 3.8) is 0 Å². The SMILES string of the molecule is Nc1[nH]c(CCNC(=O)/C(Cc2cc(Br)c(OCCC[NH3+])c(Br)c2)=N/O)c(-c2cc(O)c3[nH]cc(O)c(=O)c3c2O)[nH+]1. The number of hydrogen-bond donors (Lipinski definition) is 9. The van der Waals surface area contributed by atoms with E-state index in [4.69, 9.17) is 10.5 Å². The van der Waals surface area contributed by atoms with E-state index in [1.54, 1.807) is 12.1 Å². The number of carbonyl (C=O) groups is 1. The summed E-state index contributed by atoms with van der Waals surface area (Å²) in [6.45, 7) is 1.31. The number of hydrogen-bond acceptors (Lipinski definition) is 9. The van der Waals surface area contributed by atoms with E-state index in [-0.39, 0.29) is 59.0 Å². The highest BCUT2D eigenvalue weighted by Crippen LogP contribution is 2.39. The van der Waals surface area contributed by atoms with Crippen LogP contribution < -0.4 is 31.9 Å². The molecular formula is C26H29Br2N7O7+2. The highest BCUT2D eigenvalue weighted by Gasteiger charge is 2.24. The normalized spacial score (nSPS) is 11.6. The molecular weight excluding hydrogens is 682 g/mol. The molecule has 0 bridgehead atoms. The Hall–Kier alpha value is -4.28. The average Bonchev–Trinajstić information content (AvgIpc) is 3.32. The van der Waals surface area contributed by atoms with E-state index in [1.807, 2.05) is 0 Å². The van der Waals surface area contributed by atoms with Crippen LogP contribution in [0.15, 0.2) is 43.3 Å². The molecule has 14 nitrogen and oxygen atoms in total. The molecule has 0 saturated carbocycles. The summed E-state index contributed by atoms with van der Waals surface area (Å²) in [4.78, 5) is 33.6. The van der Waals surface area contributed by atoms with Crippen LogP contribution in [-0.4, -0.2) is 61.8 Å². The number of carbonyl (C=O) groups excluding carboxylic acids is 1. The van der Waals surface area contributed by atoms with Gasteiger partial charge in [-0.05, 0) is 55.6 Å². The molecule has 0 saturated heterocycles. The number of quaternary nitrogens is 1. The van der Waals surface area contributed by atoms with Gasteiger partial charge in [-0.2, -0.15) is 0 Å². The molecule has 0 spiro atoms. The van der Waals surface area contributed by atoms with Gasteiger partial charge in [0.05, 0.1) is 38.6 Å². The number of phenols is 2. The minimum absolute atomic E-state index is 0.0266. The third-order valence-electron chi connectivity index (χ3n) is 6.32. The lowest BCUT2D eigenvalue weighted by Gasteiger charge is -2.12. The molecule has 4 rings (SSSR count). The Bertz CT molecular complexity index is 1710. The van der Waals surface area contributed by atoms with E-state index in [0.29, 0.717) is 32.6 Å². The van der Waals surface area contributed by atoms with E-state index in [9.17, 15) is 30.1 Å². The van der Waals surface area contributed by atoms with E-state index in [2.05, 4.69) is 63.0 Å². The Morgan fingerprint density at radius 3 is 2.55 bits per heavy atom. The van der Waals surface area contributed by atoms with Crippen molar-refractivity contribution < 1.29 is 40.8 Å².